The molecule has 0 spiro atoms. The minimum Gasteiger partial charge on any atom is -0.458 e. The Hall–Kier alpha value is -2.66. The van der Waals surface area contributed by atoms with Gasteiger partial charge in [0.05, 0.1) is 11.3 Å². The van der Waals surface area contributed by atoms with Crippen LogP contribution in [0.3, 0.4) is 0 Å². The smallest absolute Gasteiger partial charge is 0.338 e. The van der Waals surface area contributed by atoms with Crippen molar-refractivity contribution in [2.75, 3.05) is 5.06 Å². The van der Waals surface area contributed by atoms with Crippen molar-refractivity contribution in [2.24, 2.45) is 17.8 Å². The van der Waals surface area contributed by atoms with E-state index in [1.807, 2.05) is 0 Å². The predicted molar refractivity (Wildman–Crippen MR) is 112 cm³/mol. The summed E-state index contributed by atoms with van der Waals surface area (Å²) in [7, 11) is 0. The number of ether oxygens (including phenoxy) is 1. The number of hydrogen-bond donors (Lipinski definition) is 1. The molecule has 29 heavy (non-hydrogen) atoms. The van der Waals surface area contributed by atoms with Crippen LogP contribution in [0, 0.1) is 17.8 Å². The molecular formula is C24H29NO4. The zero-order valence-electron chi connectivity index (χ0n) is 17.2. The fourth-order valence-corrected chi connectivity index (χ4v) is 4.01. The number of anilines is 1. The first-order valence-electron chi connectivity index (χ1n) is 10.3. The molecule has 1 fully saturated rings. The Morgan fingerprint density at radius 3 is 2.28 bits per heavy atom. The average Bonchev–Trinajstić information content (AvgIpc) is 2.73. The van der Waals surface area contributed by atoms with Crippen molar-refractivity contribution in [1.29, 1.82) is 0 Å². The first-order chi connectivity index (χ1) is 13.9. The molecule has 5 nitrogen and oxygen atoms in total. The van der Waals surface area contributed by atoms with Crippen LogP contribution in [0.4, 0.5) is 5.69 Å². The molecule has 5 heteroatoms. The van der Waals surface area contributed by atoms with Crippen molar-refractivity contribution < 1.29 is 19.5 Å². The van der Waals surface area contributed by atoms with Gasteiger partial charge in [0.25, 0.3) is 5.91 Å². The molecule has 1 amide bonds. The van der Waals surface area contributed by atoms with Gasteiger partial charge in [-0.2, -0.15) is 5.06 Å². The first kappa shape index (κ1) is 21.1. The molecule has 0 heterocycles. The SMILES string of the molecule is CC1CCC(C(C)C)C(OC(=O)c2ccc(N(O)C(=O)c3ccccc3)cc2)C1. The third-order valence-corrected chi connectivity index (χ3v) is 5.78. The molecule has 0 bridgehead atoms. The van der Waals surface area contributed by atoms with Crippen LogP contribution in [0.25, 0.3) is 0 Å². The average molecular weight is 395 g/mol. The summed E-state index contributed by atoms with van der Waals surface area (Å²) in [6.45, 7) is 6.55. The van der Waals surface area contributed by atoms with Crippen LogP contribution in [0.2, 0.25) is 0 Å². The number of rotatable bonds is 5. The third kappa shape index (κ3) is 5.04. The van der Waals surface area contributed by atoms with E-state index in [-0.39, 0.29) is 12.1 Å². The second kappa shape index (κ2) is 9.23. The van der Waals surface area contributed by atoms with Gasteiger partial charge in [-0.05, 0) is 67.0 Å². The number of nitrogens with zero attached hydrogens (tertiary/aromatic N) is 1. The van der Waals surface area contributed by atoms with Crippen molar-refractivity contribution in [2.45, 2.75) is 46.1 Å². The lowest BCUT2D eigenvalue weighted by Crippen LogP contribution is -2.35. The molecular weight excluding hydrogens is 366 g/mol. The molecule has 154 valence electrons. The van der Waals surface area contributed by atoms with Crippen LogP contribution in [0.15, 0.2) is 54.6 Å². The number of hydroxylamine groups is 1. The van der Waals surface area contributed by atoms with Crippen LogP contribution >= 0.6 is 0 Å². The van der Waals surface area contributed by atoms with Gasteiger partial charge in [0.2, 0.25) is 0 Å². The van der Waals surface area contributed by atoms with Gasteiger partial charge >= 0.3 is 5.97 Å². The molecule has 1 aliphatic carbocycles. The molecule has 3 atom stereocenters. The molecule has 0 saturated heterocycles. The Kier molecular flexibility index (Phi) is 6.70. The summed E-state index contributed by atoms with van der Waals surface area (Å²) in [4.78, 5) is 25.0. The standard InChI is InChI=1S/C24H29NO4/c1-16(2)21-14-9-17(3)15-22(21)29-24(27)19-10-12-20(13-11-19)25(28)23(26)18-7-5-4-6-8-18/h4-8,10-13,16-17,21-22,28H,9,14-15H2,1-3H3. The minimum atomic E-state index is -0.531. The number of carbonyl (C=O) groups is 2. The van der Waals surface area contributed by atoms with E-state index >= 15 is 0 Å². The first-order valence-corrected chi connectivity index (χ1v) is 10.3. The Labute approximate surface area is 172 Å². The normalized spacial score (nSPS) is 21.6. The van der Waals surface area contributed by atoms with E-state index < -0.39 is 5.91 Å². The minimum absolute atomic E-state index is 0.0695. The molecule has 0 aliphatic heterocycles. The van der Waals surface area contributed by atoms with Crippen molar-refractivity contribution in [3.63, 3.8) is 0 Å². The lowest BCUT2D eigenvalue weighted by atomic mass is 9.75. The number of amides is 1. The maximum atomic E-state index is 12.7. The second-order valence-electron chi connectivity index (χ2n) is 8.30. The molecule has 3 rings (SSSR count). The molecule has 2 aromatic rings. The fourth-order valence-electron chi connectivity index (χ4n) is 4.01. The number of hydrogen-bond acceptors (Lipinski definition) is 4. The summed E-state index contributed by atoms with van der Waals surface area (Å²) >= 11 is 0. The maximum Gasteiger partial charge on any atom is 0.338 e. The van der Waals surface area contributed by atoms with E-state index in [9.17, 15) is 14.8 Å². The lowest BCUT2D eigenvalue weighted by Gasteiger charge is -2.36. The highest BCUT2D eigenvalue weighted by Gasteiger charge is 2.33. The number of benzene rings is 2. The third-order valence-electron chi connectivity index (χ3n) is 5.78. The van der Waals surface area contributed by atoms with Gasteiger partial charge < -0.3 is 4.74 Å². The summed E-state index contributed by atoms with van der Waals surface area (Å²) < 4.78 is 5.86. The van der Waals surface area contributed by atoms with Crippen molar-refractivity contribution >= 4 is 17.6 Å². The highest BCUT2D eigenvalue weighted by molar-refractivity contribution is 6.04. The molecule has 3 unspecified atom stereocenters. The molecule has 1 saturated carbocycles. The van der Waals surface area contributed by atoms with Gasteiger partial charge in [-0.25, -0.2) is 4.79 Å². The number of esters is 1. The Bertz CT molecular complexity index is 832. The zero-order chi connectivity index (χ0) is 21.0. The van der Waals surface area contributed by atoms with E-state index in [2.05, 4.69) is 20.8 Å². The van der Waals surface area contributed by atoms with Gasteiger partial charge in [-0.3, -0.25) is 10.0 Å². The molecule has 2 aromatic carbocycles. The number of carbonyl (C=O) groups excluding carboxylic acids is 2. The Morgan fingerprint density at radius 2 is 1.66 bits per heavy atom. The van der Waals surface area contributed by atoms with Crippen LogP contribution in [0.1, 0.15) is 60.7 Å². The zero-order valence-corrected chi connectivity index (χ0v) is 17.2. The molecule has 0 radical (unpaired) electrons. The van der Waals surface area contributed by atoms with E-state index in [0.29, 0.717) is 39.6 Å². The van der Waals surface area contributed by atoms with E-state index in [1.54, 1.807) is 54.6 Å². The predicted octanol–water partition coefficient (Wildman–Crippen LogP) is 5.34. The summed E-state index contributed by atoms with van der Waals surface area (Å²) in [6.07, 6.45) is 3.08. The summed E-state index contributed by atoms with van der Waals surface area (Å²) in [5.41, 5.74) is 1.08. The fraction of sp³-hybridized carbons (Fsp3) is 0.417. The molecule has 0 aromatic heterocycles. The molecule has 1 aliphatic rings. The van der Waals surface area contributed by atoms with Gasteiger partial charge in [0.15, 0.2) is 0 Å². The Balaban J connectivity index is 1.67. The van der Waals surface area contributed by atoms with Crippen LogP contribution < -0.4 is 5.06 Å². The summed E-state index contributed by atoms with van der Waals surface area (Å²) in [5, 5.41) is 10.8. The van der Waals surface area contributed by atoms with Crippen molar-refractivity contribution in [3.8, 4) is 0 Å². The van der Waals surface area contributed by atoms with E-state index in [4.69, 9.17) is 4.74 Å². The summed E-state index contributed by atoms with van der Waals surface area (Å²) in [6, 6.07) is 14.8. The van der Waals surface area contributed by atoms with Crippen LogP contribution in [-0.2, 0) is 4.74 Å². The van der Waals surface area contributed by atoms with Crippen molar-refractivity contribution in [1.82, 2.24) is 0 Å². The van der Waals surface area contributed by atoms with E-state index in [1.165, 1.54) is 6.42 Å². The van der Waals surface area contributed by atoms with Gasteiger partial charge in [0, 0.05) is 5.56 Å². The maximum absolute atomic E-state index is 12.7. The molecule has 1 N–H and O–H groups in total. The Morgan fingerprint density at radius 1 is 1.00 bits per heavy atom. The van der Waals surface area contributed by atoms with Crippen LogP contribution in [0.5, 0.6) is 0 Å². The van der Waals surface area contributed by atoms with Gasteiger partial charge in [-0.1, -0.05) is 45.4 Å². The second-order valence-corrected chi connectivity index (χ2v) is 8.30. The monoisotopic (exact) mass is 395 g/mol. The lowest BCUT2D eigenvalue weighted by molar-refractivity contribution is -0.0174. The quantitative estimate of drug-likeness (QED) is 0.421. The highest BCUT2D eigenvalue weighted by Crippen LogP contribution is 2.35. The largest absolute Gasteiger partial charge is 0.458 e. The van der Waals surface area contributed by atoms with Gasteiger partial charge in [-0.15, -0.1) is 0 Å². The van der Waals surface area contributed by atoms with Crippen LogP contribution in [-0.4, -0.2) is 23.2 Å². The van der Waals surface area contributed by atoms with Gasteiger partial charge in [0.1, 0.15) is 6.10 Å². The topological polar surface area (TPSA) is 66.8 Å². The summed E-state index contributed by atoms with van der Waals surface area (Å²) in [5.74, 6) is 0.509. The van der Waals surface area contributed by atoms with E-state index in [0.717, 1.165) is 12.8 Å². The highest BCUT2D eigenvalue weighted by atomic mass is 16.5. The van der Waals surface area contributed by atoms with Crippen molar-refractivity contribution in [3.05, 3.63) is 65.7 Å².